The summed E-state index contributed by atoms with van der Waals surface area (Å²) in [5.41, 5.74) is 5.02. The van der Waals surface area contributed by atoms with E-state index < -0.39 is 0 Å². The van der Waals surface area contributed by atoms with E-state index in [1.807, 2.05) is 12.1 Å². The molecule has 0 aromatic heterocycles. The zero-order chi connectivity index (χ0) is 17.8. The quantitative estimate of drug-likeness (QED) is 0.420. The molecule has 0 heterocycles. The number of hydrogen-bond donors (Lipinski definition) is 2. The highest BCUT2D eigenvalue weighted by atomic mass is 32.2. The second-order valence-corrected chi connectivity index (χ2v) is 6.64. The lowest BCUT2D eigenvalue weighted by molar-refractivity contribution is 0.618. The van der Waals surface area contributed by atoms with Crippen molar-refractivity contribution in [3.8, 4) is 11.1 Å². The summed E-state index contributed by atoms with van der Waals surface area (Å²) >= 11 is 1.73. The third-order valence-corrected chi connectivity index (χ3v) is 4.82. The number of aryl methyl sites for hydroxylation is 1. The Morgan fingerprint density at radius 2 is 1.56 bits per heavy atom. The second-order valence-electron chi connectivity index (χ2n) is 5.76. The van der Waals surface area contributed by atoms with Gasteiger partial charge in [-0.3, -0.25) is 0 Å². The molecule has 3 aromatic rings. The minimum absolute atomic E-state index is 0.298. The van der Waals surface area contributed by atoms with Crippen LogP contribution in [0.4, 0.5) is 15.8 Å². The van der Waals surface area contributed by atoms with Crippen LogP contribution in [0.25, 0.3) is 11.1 Å². The van der Waals surface area contributed by atoms with Crippen molar-refractivity contribution >= 4 is 29.4 Å². The molecule has 0 bridgehead atoms. The van der Waals surface area contributed by atoms with Crippen LogP contribution in [0.3, 0.4) is 0 Å². The standard InChI is InChI=1S/C21H19FN2S/c1-14-11-21(17(13-23)12-20(14)22)24-18-7-3-15(4-8-18)16-5-9-19(25-2)10-6-16/h3-13,23-24H,1-2H3. The second kappa shape index (κ2) is 7.53. The molecular weight excluding hydrogens is 331 g/mol. The summed E-state index contributed by atoms with van der Waals surface area (Å²) in [6, 6.07) is 19.7. The lowest BCUT2D eigenvalue weighted by Crippen LogP contribution is -1.98. The number of benzene rings is 3. The van der Waals surface area contributed by atoms with Crippen molar-refractivity contribution in [3.05, 3.63) is 77.6 Å². The van der Waals surface area contributed by atoms with Gasteiger partial charge in [0.15, 0.2) is 0 Å². The summed E-state index contributed by atoms with van der Waals surface area (Å²) in [4.78, 5) is 1.24. The van der Waals surface area contributed by atoms with Gasteiger partial charge in [0.2, 0.25) is 0 Å². The van der Waals surface area contributed by atoms with Crippen LogP contribution in [-0.4, -0.2) is 12.5 Å². The summed E-state index contributed by atoms with van der Waals surface area (Å²) in [5, 5.41) is 10.7. The highest BCUT2D eigenvalue weighted by molar-refractivity contribution is 7.98. The van der Waals surface area contributed by atoms with Crippen LogP contribution in [-0.2, 0) is 0 Å². The molecule has 4 heteroatoms. The average molecular weight is 350 g/mol. The van der Waals surface area contributed by atoms with Gasteiger partial charge in [0, 0.05) is 28.0 Å². The van der Waals surface area contributed by atoms with Gasteiger partial charge >= 0.3 is 0 Å². The molecule has 2 nitrogen and oxygen atoms in total. The molecule has 3 aromatic carbocycles. The van der Waals surface area contributed by atoms with Crippen molar-refractivity contribution in [1.82, 2.24) is 0 Å². The molecule has 0 saturated heterocycles. The van der Waals surface area contributed by atoms with Gasteiger partial charge in [-0.2, -0.15) is 0 Å². The maximum absolute atomic E-state index is 13.6. The Bertz CT molecular complexity index is 887. The smallest absolute Gasteiger partial charge is 0.126 e. The largest absolute Gasteiger partial charge is 0.355 e. The van der Waals surface area contributed by atoms with Crippen LogP contribution in [0.5, 0.6) is 0 Å². The number of thioether (sulfide) groups is 1. The maximum atomic E-state index is 13.6. The Labute approximate surface area is 151 Å². The van der Waals surface area contributed by atoms with E-state index in [-0.39, 0.29) is 5.82 Å². The minimum atomic E-state index is -0.298. The van der Waals surface area contributed by atoms with Crippen LogP contribution in [0, 0.1) is 18.2 Å². The molecule has 25 heavy (non-hydrogen) atoms. The molecule has 0 amide bonds. The predicted molar refractivity (Wildman–Crippen MR) is 106 cm³/mol. The third kappa shape index (κ3) is 3.91. The van der Waals surface area contributed by atoms with Crippen molar-refractivity contribution in [3.63, 3.8) is 0 Å². The molecule has 0 fully saturated rings. The monoisotopic (exact) mass is 350 g/mol. The Kier molecular flexibility index (Phi) is 5.19. The number of nitrogens with one attached hydrogen (secondary N) is 2. The molecule has 0 radical (unpaired) electrons. The average Bonchev–Trinajstić information content (AvgIpc) is 2.65. The van der Waals surface area contributed by atoms with Crippen LogP contribution in [0.15, 0.2) is 65.6 Å². The lowest BCUT2D eigenvalue weighted by Gasteiger charge is -2.12. The van der Waals surface area contributed by atoms with Crippen molar-refractivity contribution in [1.29, 1.82) is 5.41 Å². The molecule has 0 unspecified atom stereocenters. The third-order valence-electron chi connectivity index (χ3n) is 4.07. The molecule has 2 N–H and O–H groups in total. The molecule has 0 aliphatic carbocycles. The first-order valence-electron chi connectivity index (χ1n) is 7.93. The summed E-state index contributed by atoms with van der Waals surface area (Å²) in [5.74, 6) is -0.298. The molecule has 0 atom stereocenters. The van der Waals surface area contributed by atoms with E-state index in [0.29, 0.717) is 11.1 Å². The minimum Gasteiger partial charge on any atom is -0.355 e. The maximum Gasteiger partial charge on any atom is 0.126 e. The Balaban J connectivity index is 1.83. The zero-order valence-electron chi connectivity index (χ0n) is 14.1. The van der Waals surface area contributed by atoms with E-state index in [4.69, 9.17) is 5.41 Å². The van der Waals surface area contributed by atoms with Gasteiger partial charge in [-0.1, -0.05) is 24.3 Å². The van der Waals surface area contributed by atoms with Gasteiger partial charge < -0.3 is 10.7 Å². The molecular formula is C21H19FN2S. The Morgan fingerprint density at radius 3 is 2.12 bits per heavy atom. The molecule has 126 valence electrons. The highest BCUT2D eigenvalue weighted by Gasteiger charge is 2.06. The Hall–Kier alpha value is -2.59. The summed E-state index contributed by atoms with van der Waals surface area (Å²) in [6.45, 7) is 1.72. The fraction of sp³-hybridized carbons (Fsp3) is 0.0952. The van der Waals surface area contributed by atoms with Gasteiger partial charge in [0.05, 0.1) is 0 Å². The van der Waals surface area contributed by atoms with Gasteiger partial charge in [0.25, 0.3) is 0 Å². The Morgan fingerprint density at radius 1 is 0.960 bits per heavy atom. The molecule has 0 aliphatic heterocycles. The van der Waals surface area contributed by atoms with Crippen molar-refractivity contribution < 1.29 is 4.39 Å². The molecule has 0 saturated carbocycles. The van der Waals surface area contributed by atoms with Crippen molar-refractivity contribution in [2.75, 3.05) is 11.6 Å². The van der Waals surface area contributed by atoms with Gasteiger partial charge in [-0.05, 0) is 66.3 Å². The SMILES string of the molecule is CSc1ccc(-c2ccc(Nc3cc(C)c(F)cc3C=N)cc2)cc1. The van der Waals surface area contributed by atoms with Crippen LogP contribution in [0.2, 0.25) is 0 Å². The van der Waals surface area contributed by atoms with Crippen molar-refractivity contribution in [2.45, 2.75) is 11.8 Å². The summed E-state index contributed by atoms with van der Waals surface area (Å²) in [6.07, 6.45) is 3.22. The first-order chi connectivity index (χ1) is 12.1. The zero-order valence-corrected chi connectivity index (χ0v) is 15.0. The van der Waals surface area contributed by atoms with Crippen LogP contribution in [0.1, 0.15) is 11.1 Å². The number of rotatable bonds is 5. The van der Waals surface area contributed by atoms with E-state index in [1.165, 1.54) is 16.5 Å². The van der Waals surface area contributed by atoms with Crippen LogP contribution < -0.4 is 5.32 Å². The lowest BCUT2D eigenvalue weighted by atomic mass is 10.1. The van der Waals surface area contributed by atoms with E-state index in [0.717, 1.165) is 23.2 Å². The fourth-order valence-electron chi connectivity index (χ4n) is 2.61. The first kappa shape index (κ1) is 17.2. The van der Waals surface area contributed by atoms with Gasteiger partial charge in [0.1, 0.15) is 5.82 Å². The molecule has 3 rings (SSSR count). The number of halogens is 1. The van der Waals surface area contributed by atoms with E-state index in [1.54, 1.807) is 24.8 Å². The van der Waals surface area contributed by atoms with E-state index in [9.17, 15) is 4.39 Å². The number of anilines is 2. The predicted octanol–water partition coefficient (Wildman–Crippen LogP) is 6.26. The van der Waals surface area contributed by atoms with Crippen molar-refractivity contribution in [2.24, 2.45) is 0 Å². The van der Waals surface area contributed by atoms with E-state index in [2.05, 4.69) is 48.0 Å². The highest BCUT2D eigenvalue weighted by Crippen LogP contribution is 2.27. The topological polar surface area (TPSA) is 35.9 Å². The molecule has 0 spiro atoms. The summed E-state index contributed by atoms with van der Waals surface area (Å²) in [7, 11) is 0. The number of hydrogen-bond acceptors (Lipinski definition) is 3. The van der Waals surface area contributed by atoms with Gasteiger partial charge in [-0.15, -0.1) is 11.8 Å². The summed E-state index contributed by atoms with van der Waals surface area (Å²) < 4.78 is 13.6. The normalized spacial score (nSPS) is 10.5. The first-order valence-corrected chi connectivity index (χ1v) is 9.15. The van der Waals surface area contributed by atoms with Crippen LogP contribution >= 0.6 is 11.8 Å². The molecule has 0 aliphatic rings. The van der Waals surface area contributed by atoms with E-state index >= 15 is 0 Å². The van der Waals surface area contributed by atoms with Gasteiger partial charge in [-0.25, -0.2) is 4.39 Å². The fourth-order valence-corrected chi connectivity index (χ4v) is 3.02.